The smallest absolute Gasteiger partial charge is 0.141 e. The zero-order valence-electron chi connectivity index (χ0n) is 37.0. The van der Waals surface area contributed by atoms with Crippen molar-refractivity contribution in [1.29, 1.82) is 0 Å². The highest BCUT2D eigenvalue weighted by molar-refractivity contribution is 6.72. The molecule has 0 aliphatic carbocycles. The Morgan fingerprint density at radius 2 is 0.586 bits per heavy atom. The highest BCUT2D eigenvalue weighted by atomic mass is 15.0. The second-order valence-corrected chi connectivity index (χ2v) is 17.3. The number of para-hydroxylation sites is 1. The number of aromatic nitrogens is 2. The molecule has 2 nitrogen and oxygen atoms in total. The molecule has 0 amide bonds. The Kier molecular flexibility index (Phi) is 9.19. The number of hydrogen-bond donors (Lipinski definition) is 0. The molecule has 0 bridgehead atoms. The predicted molar refractivity (Wildman–Crippen MR) is 300 cm³/mol. The molecule has 2 aromatic heterocycles. The lowest BCUT2D eigenvalue weighted by Gasteiger charge is -2.24. The molecule has 0 saturated carbocycles. The first-order valence-electron chi connectivity index (χ1n) is 21.0. The summed E-state index contributed by atoms with van der Waals surface area (Å²) in [7, 11) is 32.9. The van der Waals surface area contributed by atoms with Crippen LogP contribution in [0.25, 0.3) is 77.2 Å². The van der Waals surface area contributed by atoms with Crippen molar-refractivity contribution in [3.05, 3.63) is 84.9 Å². The second-order valence-electron chi connectivity index (χ2n) is 17.3. The van der Waals surface area contributed by atoms with Crippen LogP contribution in [0.15, 0.2) is 84.9 Å². The van der Waals surface area contributed by atoms with E-state index in [0.29, 0.717) is 0 Å². The van der Waals surface area contributed by atoms with Gasteiger partial charge < -0.3 is 9.13 Å². The van der Waals surface area contributed by atoms with Crippen molar-refractivity contribution in [1.82, 2.24) is 9.13 Å². The number of fused-ring (bicyclic) bond motifs is 6. The van der Waals surface area contributed by atoms with Crippen molar-refractivity contribution in [2.75, 3.05) is 0 Å². The zero-order chi connectivity index (χ0) is 41.2. The molecule has 262 valence electrons. The molecular formula is C42H42B14N2. The van der Waals surface area contributed by atoms with E-state index in [1.165, 1.54) is 154 Å². The van der Waals surface area contributed by atoms with E-state index in [1.807, 2.05) is 0 Å². The maximum Gasteiger partial charge on any atom is 0.141 e. The summed E-state index contributed by atoms with van der Waals surface area (Å²) in [4.78, 5) is 0. The number of benzene rings is 7. The third-order valence-corrected chi connectivity index (χ3v) is 14.7. The quantitative estimate of drug-likeness (QED) is 0.160. The Bertz CT molecular complexity index is 3260. The van der Waals surface area contributed by atoms with Crippen LogP contribution < -0.4 is 76.5 Å². The SMILES string of the molecule is Bc1c(B)c(B)c2c(c1B)c1c(B)c(-c3c(B)c(B)c4c(c3B)c3c(B)c(B)c(B)c(B)c3n4-c3cccc(-c4ccccc4)c3)c(B)c(B)c1n2-c1ccccc1. The molecule has 0 atom stereocenters. The van der Waals surface area contributed by atoms with Gasteiger partial charge in [-0.2, -0.15) is 0 Å². The Morgan fingerprint density at radius 3 is 1.03 bits per heavy atom. The van der Waals surface area contributed by atoms with E-state index in [4.69, 9.17) is 0 Å². The lowest BCUT2D eigenvalue weighted by Crippen LogP contribution is -2.48. The summed E-state index contributed by atoms with van der Waals surface area (Å²) in [5, 5.41) is 5.54. The largest absolute Gasteiger partial charge is 0.310 e. The molecule has 0 unspecified atom stereocenters. The Labute approximate surface area is 355 Å². The van der Waals surface area contributed by atoms with Gasteiger partial charge in [-0.25, -0.2) is 0 Å². The van der Waals surface area contributed by atoms with E-state index in [2.05, 4.69) is 204 Å². The van der Waals surface area contributed by atoms with E-state index in [9.17, 15) is 0 Å². The van der Waals surface area contributed by atoms with Crippen molar-refractivity contribution in [3.8, 4) is 33.6 Å². The van der Waals surface area contributed by atoms with Gasteiger partial charge in [-0.3, -0.25) is 0 Å². The topological polar surface area (TPSA) is 9.86 Å². The minimum Gasteiger partial charge on any atom is -0.310 e. The second kappa shape index (κ2) is 13.8. The normalized spacial score (nSPS) is 11.7. The highest BCUT2D eigenvalue weighted by Crippen LogP contribution is 2.33. The van der Waals surface area contributed by atoms with Crippen LogP contribution in [0.4, 0.5) is 0 Å². The van der Waals surface area contributed by atoms with Crippen LogP contribution >= 0.6 is 0 Å². The van der Waals surface area contributed by atoms with E-state index >= 15 is 0 Å². The van der Waals surface area contributed by atoms with Gasteiger partial charge in [0.25, 0.3) is 0 Å². The Balaban J connectivity index is 1.47. The summed E-state index contributed by atoms with van der Waals surface area (Å²) in [5.74, 6) is 0. The average molecular weight is 726 g/mol. The Morgan fingerprint density at radius 1 is 0.259 bits per heavy atom. The molecule has 9 rings (SSSR count). The highest BCUT2D eigenvalue weighted by Gasteiger charge is 2.29. The minimum absolute atomic E-state index is 1.21. The molecule has 0 spiro atoms. The van der Waals surface area contributed by atoms with Crippen LogP contribution in [-0.2, 0) is 0 Å². The molecule has 9 aromatic rings. The predicted octanol–water partition coefficient (Wildman–Crippen LogP) is -13.2. The van der Waals surface area contributed by atoms with Gasteiger partial charge in [0.05, 0.1) is 0 Å². The van der Waals surface area contributed by atoms with E-state index in [1.54, 1.807) is 0 Å². The van der Waals surface area contributed by atoms with Crippen LogP contribution in [-0.4, -0.2) is 119 Å². The van der Waals surface area contributed by atoms with E-state index in [0.717, 1.165) is 0 Å². The van der Waals surface area contributed by atoms with Gasteiger partial charge in [0, 0.05) is 44.2 Å². The average Bonchev–Trinajstić information content (AvgIpc) is 3.79. The van der Waals surface area contributed by atoms with Crippen LogP contribution in [0.3, 0.4) is 0 Å². The maximum atomic E-state index is 2.60. The molecule has 58 heavy (non-hydrogen) atoms. The minimum atomic E-state index is 1.21. The molecule has 0 fully saturated rings. The first-order valence-corrected chi connectivity index (χ1v) is 21.0. The van der Waals surface area contributed by atoms with Gasteiger partial charge in [0.15, 0.2) is 0 Å². The molecular weight excluding hydrogens is 684 g/mol. The van der Waals surface area contributed by atoms with Crippen LogP contribution in [0.5, 0.6) is 0 Å². The standard InChI is InChI=1S/C42H42B14N2/c43-25-19(27(45)35(53)39-21(25)23-29(47)31(49)33(51)37(55)41(23)57(39)17-11-5-2-6-12-17)20-26(44)22-24-30(48)32(50)34(52)38(56)42(24)58(40(22)36(54)28(20)46)18-13-7-10-16(14-18)15-8-3-1-4-9-15/h1-14H,43-56H2. The van der Waals surface area contributed by atoms with Gasteiger partial charge in [-0.15, -0.1) is 10.9 Å². The summed E-state index contributed by atoms with van der Waals surface area (Å²) in [6.45, 7) is 0. The van der Waals surface area contributed by atoms with Crippen molar-refractivity contribution in [2.45, 2.75) is 0 Å². The lowest BCUT2D eigenvalue weighted by atomic mass is 9.61. The number of rotatable bonds is 4. The van der Waals surface area contributed by atoms with Gasteiger partial charge in [0.1, 0.15) is 110 Å². The molecule has 0 radical (unpaired) electrons. The molecule has 7 aromatic carbocycles. The molecule has 16 heteroatoms. The van der Waals surface area contributed by atoms with Crippen LogP contribution in [0, 0.1) is 0 Å². The molecule has 0 aliphatic heterocycles. The number of nitrogens with zero attached hydrogens (tertiary/aromatic N) is 2. The zero-order valence-corrected chi connectivity index (χ0v) is 37.0. The van der Waals surface area contributed by atoms with Crippen molar-refractivity contribution in [3.63, 3.8) is 0 Å². The van der Waals surface area contributed by atoms with Crippen molar-refractivity contribution < 1.29 is 0 Å². The maximum absolute atomic E-state index is 2.60. The molecule has 0 saturated heterocycles. The monoisotopic (exact) mass is 728 g/mol. The van der Waals surface area contributed by atoms with Gasteiger partial charge in [0.2, 0.25) is 0 Å². The lowest BCUT2D eigenvalue weighted by molar-refractivity contribution is 1.19. The molecule has 0 aliphatic rings. The fraction of sp³-hybridized carbons (Fsp3) is 0. The van der Waals surface area contributed by atoms with Crippen molar-refractivity contribution >= 4 is 230 Å². The first-order chi connectivity index (χ1) is 27.7. The summed E-state index contributed by atoms with van der Waals surface area (Å²) in [6.07, 6.45) is 0. The third kappa shape index (κ3) is 5.18. The summed E-state index contributed by atoms with van der Waals surface area (Å²) in [6, 6.07) is 31.0. The van der Waals surface area contributed by atoms with E-state index in [-0.39, 0.29) is 0 Å². The van der Waals surface area contributed by atoms with E-state index < -0.39 is 0 Å². The Hall–Kier alpha value is -4.95. The van der Waals surface area contributed by atoms with Gasteiger partial charge >= 0.3 is 0 Å². The van der Waals surface area contributed by atoms with Crippen molar-refractivity contribution in [2.24, 2.45) is 0 Å². The van der Waals surface area contributed by atoms with Gasteiger partial charge in [-0.1, -0.05) is 126 Å². The molecule has 2 heterocycles. The van der Waals surface area contributed by atoms with Gasteiger partial charge in [-0.05, 0) is 57.3 Å². The van der Waals surface area contributed by atoms with Crippen LogP contribution in [0.2, 0.25) is 0 Å². The summed E-state index contributed by atoms with van der Waals surface area (Å²) >= 11 is 0. The summed E-state index contributed by atoms with van der Waals surface area (Å²) < 4.78 is 5.17. The summed E-state index contributed by atoms with van der Waals surface area (Å²) in [5.41, 5.74) is 32.1. The fourth-order valence-corrected chi connectivity index (χ4v) is 10.7. The van der Waals surface area contributed by atoms with Crippen LogP contribution in [0.1, 0.15) is 0 Å². The third-order valence-electron chi connectivity index (χ3n) is 14.7. The number of hydrogen-bond acceptors (Lipinski definition) is 0. The molecule has 0 N–H and O–H groups in total. The first kappa shape index (κ1) is 38.6. The fourth-order valence-electron chi connectivity index (χ4n) is 10.7.